The van der Waals surface area contributed by atoms with Gasteiger partial charge in [-0.25, -0.2) is 4.79 Å². The van der Waals surface area contributed by atoms with Crippen molar-refractivity contribution in [1.29, 1.82) is 0 Å². The molecule has 7 heteroatoms. The summed E-state index contributed by atoms with van der Waals surface area (Å²) in [6.45, 7) is 0. The van der Waals surface area contributed by atoms with Crippen LogP contribution in [-0.4, -0.2) is 17.0 Å². The predicted octanol–water partition coefficient (Wildman–Crippen LogP) is 5.60. The molecule has 1 heterocycles. The number of carboxylic acids is 1. The maximum atomic E-state index is 12.4. The first-order chi connectivity index (χ1) is 12.9. The van der Waals surface area contributed by atoms with Gasteiger partial charge in [0.1, 0.15) is 5.76 Å². The Morgan fingerprint density at radius 1 is 1.00 bits per heavy atom. The lowest BCUT2D eigenvalue weighted by atomic mass is 10.2. The molecule has 0 saturated carbocycles. The summed E-state index contributed by atoms with van der Waals surface area (Å²) in [6.07, 6.45) is 2.46. The van der Waals surface area contributed by atoms with Gasteiger partial charge in [0.15, 0.2) is 5.76 Å². The molecule has 0 aliphatic heterocycles. The Morgan fingerprint density at radius 3 is 2.44 bits per heavy atom. The summed E-state index contributed by atoms with van der Waals surface area (Å²) in [5.74, 6) is -0.905. The van der Waals surface area contributed by atoms with Crippen LogP contribution < -0.4 is 5.32 Å². The highest BCUT2D eigenvalue weighted by Gasteiger charge is 2.13. The van der Waals surface area contributed by atoms with Crippen LogP contribution in [-0.2, 0) is 4.79 Å². The van der Waals surface area contributed by atoms with Gasteiger partial charge in [0.2, 0.25) is 0 Å². The highest BCUT2D eigenvalue weighted by molar-refractivity contribution is 6.35. The highest BCUT2D eigenvalue weighted by Crippen LogP contribution is 2.29. The molecular weight excluding hydrogens is 389 g/mol. The highest BCUT2D eigenvalue weighted by atomic mass is 35.5. The molecule has 27 heavy (non-hydrogen) atoms. The summed E-state index contributed by atoms with van der Waals surface area (Å²) in [4.78, 5) is 23.0. The van der Waals surface area contributed by atoms with Crippen molar-refractivity contribution < 1.29 is 19.1 Å². The number of halogens is 2. The molecule has 0 fully saturated rings. The fourth-order valence-electron chi connectivity index (χ4n) is 2.39. The van der Waals surface area contributed by atoms with Crippen LogP contribution in [0.1, 0.15) is 16.1 Å². The number of carbonyl (C=O) groups excluding carboxylic acids is 1. The molecule has 0 radical (unpaired) electrons. The molecule has 0 aliphatic carbocycles. The molecule has 0 aliphatic rings. The average molecular weight is 402 g/mol. The summed E-state index contributed by atoms with van der Waals surface area (Å²) in [7, 11) is 0. The largest absolute Gasteiger partial charge is 0.478 e. The minimum absolute atomic E-state index is 0.118. The average Bonchev–Trinajstić information content (AvgIpc) is 3.10. The van der Waals surface area contributed by atoms with E-state index >= 15 is 0 Å². The van der Waals surface area contributed by atoms with Crippen molar-refractivity contribution in [3.63, 3.8) is 0 Å². The first-order valence-electron chi connectivity index (χ1n) is 7.79. The third-order valence-corrected chi connectivity index (χ3v) is 3.98. The first kappa shape index (κ1) is 18.8. The van der Waals surface area contributed by atoms with E-state index in [1.807, 2.05) is 0 Å². The minimum Gasteiger partial charge on any atom is -0.478 e. The van der Waals surface area contributed by atoms with Gasteiger partial charge in [-0.15, -0.1) is 0 Å². The SMILES string of the molecule is O=C(O)/C=C/c1cccc(NC(=O)c2ccc(-c3cc(Cl)cc(Cl)c3)o2)c1. The van der Waals surface area contributed by atoms with E-state index in [-0.39, 0.29) is 5.76 Å². The molecule has 0 spiro atoms. The number of hydrogen-bond donors (Lipinski definition) is 2. The smallest absolute Gasteiger partial charge is 0.328 e. The Labute approximate surface area is 164 Å². The van der Waals surface area contributed by atoms with Crippen molar-refractivity contribution in [2.75, 3.05) is 5.32 Å². The van der Waals surface area contributed by atoms with Gasteiger partial charge in [-0.3, -0.25) is 4.79 Å². The molecule has 0 saturated heterocycles. The maximum Gasteiger partial charge on any atom is 0.328 e. The Balaban J connectivity index is 1.77. The van der Waals surface area contributed by atoms with Crippen molar-refractivity contribution in [3.8, 4) is 11.3 Å². The quantitative estimate of drug-likeness (QED) is 0.544. The zero-order valence-electron chi connectivity index (χ0n) is 13.8. The van der Waals surface area contributed by atoms with E-state index in [1.165, 1.54) is 6.08 Å². The van der Waals surface area contributed by atoms with Gasteiger partial charge in [0.25, 0.3) is 5.91 Å². The van der Waals surface area contributed by atoms with Crippen molar-refractivity contribution >= 4 is 46.8 Å². The second kappa shape index (κ2) is 8.12. The van der Waals surface area contributed by atoms with Gasteiger partial charge in [-0.05, 0) is 54.1 Å². The summed E-state index contributed by atoms with van der Waals surface area (Å²) < 4.78 is 5.60. The van der Waals surface area contributed by atoms with Gasteiger partial charge in [-0.2, -0.15) is 0 Å². The molecule has 3 aromatic rings. The molecule has 1 aromatic heterocycles. The van der Waals surface area contributed by atoms with Gasteiger partial charge in [0.05, 0.1) is 0 Å². The maximum absolute atomic E-state index is 12.4. The van der Waals surface area contributed by atoms with Gasteiger partial charge in [-0.1, -0.05) is 35.3 Å². The van der Waals surface area contributed by atoms with Crippen molar-refractivity contribution in [2.24, 2.45) is 0 Å². The number of nitrogens with one attached hydrogen (secondary N) is 1. The van der Waals surface area contributed by atoms with E-state index in [2.05, 4.69) is 5.32 Å². The molecule has 0 atom stereocenters. The van der Waals surface area contributed by atoms with E-state index in [1.54, 1.807) is 54.6 Å². The van der Waals surface area contributed by atoms with E-state index in [0.29, 0.717) is 32.6 Å². The van der Waals surface area contributed by atoms with E-state index in [4.69, 9.17) is 32.7 Å². The van der Waals surface area contributed by atoms with Crippen LogP contribution in [0.4, 0.5) is 5.69 Å². The monoisotopic (exact) mass is 401 g/mol. The number of benzene rings is 2. The molecule has 5 nitrogen and oxygen atoms in total. The number of rotatable bonds is 5. The van der Waals surface area contributed by atoms with Crippen molar-refractivity contribution in [2.45, 2.75) is 0 Å². The molecule has 2 aromatic carbocycles. The lowest BCUT2D eigenvalue weighted by Crippen LogP contribution is -2.10. The van der Waals surface area contributed by atoms with Crippen LogP contribution >= 0.6 is 23.2 Å². The lowest BCUT2D eigenvalue weighted by Gasteiger charge is -2.04. The normalized spacial score (nSPS) is 10.9. The van der Waals surface area contributed by atoms with Crippen LogP contribution in [0.25, 0.3) is 17.4 Å². The Morgan fingerprint density at radius 2 is 1.74 bits per heavy atom. The van der Waals surface area contributed by atoms with Crippen LogP contribution in [0, 0.1) is 0 Å². The summed E-state index contributed by atoms with van der Waals surface area (Å²) in [5, 5.41) is 12.3. The lowest BCUT2D eigenvalue weighted by molar-refractivity contribution is -0.131. The molecule has 3 rings (SSSR count). The summed E-state index contributed by atoms with van der Waals surface area (Å²) >= 11 is 12.0. The molecular formula is C20H13Cl2NO4. The third kappa shape index (κ3) is 5.00. The second-order valence-electron chi connectivity index (χ2n) is 5.57. The molecule has 0 bridgehead atoms. The standard InChI is InChI=1S/C20H13Cl2NO4/c21-14-9-13(10-15(22)11-14)17-5-6-18(27-17)20(26)23-16-3-1-2-12(8-16)4-7-19(24)25/h1-11H,(H,23,26)(H,24,25)/b7-4+. The zero-order valence-corrected chi connectivity index (χ0v) is 15.3. The molecule has 1 amide bonds. The van der Waals surface area contributed by atoms with E-state index in [9.17, 15) is 9.59 Å². The fourth-order valence-corrected chi connectivity index (χ4v) is 2.92. The number of carbonyl (C=O) groups is 2. The minimum atomic E-state index is -1.05. The Hall–Kier alpha value is -3.02. The molecule has 136 valence electrons. The van der Waals surface area contributed by atoms with Crippen LogP contribution in [0.15, 0.2) is 65.1 Å². The number of aliphatic carboxylic acids is 1. The number of hydrogen-bond acceptors (Lipinski definition) is 3. The predicted molar refractivity (Wildman–Crippen MR) is 105 cm³/mol. The fraction of sp³-hybridized carbons (Fsp3) is 0. The van der Waals surface area contributed by atoms with E-state index < -0.39 is 11.9 Å². The zero-order chi connectivity index (χ0) is 19.4. The number of furan rings is 1. The van der Waals surface area contributed by atoms with Gasteiger partial charge >= 0.3 is 5.97 Å². The molecule has 0 unspecified atom stereocenters. The number of amides is 1. The van der Waals surface area contributed by atoms with Crippen LogP contribution in [0.3, 0.4) is 0 Å². The van der Waals surface area contributed by atoms with Gasteiger partial charge in [0, 0.05) is 27.4 Å². The van der Waals surface area contributed by atoms with Crippen molar-refractivity contribution in [3.05, 3.63) is 82.0 Å². The van der Waals surface area contributed by atoms with Gasteiger partial charge < -0.3 is 14.8 Å². The Kier molecular flexibility index (Phi) is 5.64. The third-order valence-electron chi connectivity index (χ3n) is 3.54. The Bertz CT molecular complexity index is 1020. The van der Waals surface area contributed by atoms with Crippen molar-refractivity contribution in [1.82, 2.24) is 0 Å². The topological polar surface area (TPSA) is 79.5 Å². The number of anilines is 1. The van der Waals surface area contributed by atoms with E-state index in [0.717, 1.165) is 6.08 Å². The first-order valence-corrected chi connectivity index (χ1v) is 8.55. The summed E-state index contributed by atoms with van der Waals surface area (Å²) in [5.41, 5.74) is 1.81. The molecule has 2 N–H and O–H groups in total. The van der Waals surface area contributed by atoms with Crippen LogP contribution in [0.2, 0.25) is 10.0 Å². The number of carboxylic acid groups (broad SMARTS) is 1. The summed E-state index contributed by atoms with van der Waals surface area (Å²) in [6, 6.07) is 15.0. The second-order valence-corrected chi connectivity index (χ2v) is 6.45. The van der Waals surface area contributed by atoms with Crippen LogP contribution in [0.5, 0.6) is 0 Å².